The van der Waals surface area contributed by atoms with Crippen molar-refractivity contribution in [2.24, 2.45) is 0 Å². The highest BCUT2D eigenvalue weighted by atomic mass is 16.2. The number of rotatable bonds is 1. The number of piperazine rings is 1. The van der Waals surface area contributed by atoms with Crippen molar-refractivity contribution in [3.8, 4) is 0 Å². The topological polar surface area (TPSA) is 55.9 Å². The van der Waals surface area contributed by atoms with E-state index < -0.39 is 0 Å². The van der Waals surface area contributed by atoms with Gasteiger partial charge in [-0.05, 0) is 32.4 Å². The number of hydrogen-bond donors (Lipinski definition) is 1. The summed E-state index contributed by atoms with van der Waals surface area (Å²) in [4.78, 5) is 30.6. The van der Waals surface area contributed by atoms with E-state index in [1.807, 2.05) is 0 Å². The van der Waals surface area contributed by atoms with Crippen LogP contribution in [-0.4, -0.2) is 84.9 Å². The highest BCUT2D eigenvalue weighted by Crippen LogP contribution is 2.20. The van der Waals surface area contributed by atoms with Gasteiger partial charge in [0.2, 0.25) is 0 Å². The molecule has 3 fully saturated rings. The van der Waals surface area contributed by atoms with Crippen LogP contribution in [0.1, 0.15) is 25.7 Å². The summed E-state index contributed by atoms with van der Waals surface area (Å²) in [5, 5.41) is 3.20. The van der Waals surface area contributed by atoms with Gasteiger partial charge in [-0.1, -0.05) is 6.42 Å². The molecule has 3 rings (SSSR count). The fourth-order valence-electron chi connectivity index (χ4n) is 3.65. The number of nitrogens with zero attached hydrogens (tertiary/aromatic N) is 3. The molecule has 0 aromatic carbocycles. The van der Waals surface area contributed by atoms with E-state index in [9.17, 15) is 9.59 Å². The summed E-state index contributed by atoms with van der Waals surface area (Å²) in [7, 11) is 0. The Labute approximate surface area is 126 Å². The summed E-state index contributed by atoms with van der Waals surface area (Å²) in [6.45, 7) is 6.64. The van der Waals surface area contributed by atoms with Crippen LogP contribution in [0.3, 0.4) is 0 Å². The molecule has 0 bridgehead atoms. The summed E-state index contributed by atoms with van der Waals surface area (Å²) >= 11 is 0. The van der Waals surface area contributed by atoms with Crippen LogP contribution >= 0.6 is 0 Å². The summed E-state index contributed by atoms with van der Waals surface area (Å²) in [6.07, 6.45) is 4.88. The first-order chi connectivity index (χ1) is 10.3. The molecule has 0 aromatic rings. The lowest BCUT2D eigenvalue weighted by Crippen LogP contribution is -2.52. The highest BCUT2D eigenvalue weighted by Gasteiger charge is 2.35. The molecule has 0 aliphatic carbocycles. The Morgan fingerprint density at radius 2 is 1.48 bits per heavy atom. The minimum absolute atomic E-state index is 0.295. The first-order valence-corrected chi connectivity index (χ1v) is 8.28. The summed E-state index contributed by atoms with van der Waals surface area (Å²) in [6, 6.07) is 0.463. The Hall–Kier alpha value is -1.14. The molecule has 3 saturated heterocycles. The predicted octanol–water partition coefficient (Wildman–Crippen LogP) is -0.495. The van der Waals surface area contributed by atoms with Gasteiger partial charge in [-0.3, -0.25) is 14.5 Å². The van der Waals surface area contributed by atoms with Crippen molar-refractivity contribution in [1.82, 2.24) is 20.0 Å². The number of nitrogens with one attached hydrogen (secondary N) is 1. The van der Waals surface area contributed by atoms with Crippen LogP contribution in [0.5, 0.6) is 0 Å². The number of hydrogen-bond acceptors (Lipinski definition) is 4. The smallest absolute Gasteiger partial charge is 0.312 e. The molecule has 118 valence electrons. The van der Waals surface area contributed by atoms with Crippen LogP contribution in [0.4, 0.5) is 0 Å². The van der Waals surface area contributed by atoms with Gasteiger partial charge in [-0.15, -0.1) is 0 Å². The Balaban J connectivity index is 1.52. The SMILES string of the molecule is O=C(C(=O)N1CCC(N2CCCCC2)C1)N1CCNCC1. The molecule has 0 aromatic heterocycles. The third-order valence-electron chi connectivity index (χ3n) is 4.94. The van der Waals surface area contributed by atoms with Gasteiger partial charge < -0.3 is 15.1 Å². The van der Waals surface area contributed by atoms with Gasteiger partial charge in [0.15, 0.2) is 0 Å². The quantitative estimate of drug-likeness (QED) is 0.663. The minimum atomic E-state index is -0.309. The van der Waals surface area contributed by atoms with Gasteiger partial charge in [0.1, 0.15) is 0 Å². The molecule has 1 unspecified atom stereocenters. The molecule has 6 heteroatoms. The largest absolute Gasteiger partial charge is 0.333 e. The van der Waals surface area contributed by atoms with E-state index in [2.05, 4.69) is 10.2 Å². The van der Waals surface area contributed by atoms with E-state index in [-0.39, 0.29) is 11.8 Å². The summed E-state index contributed by atoms with van der Waals surface area (Å²) in [5.41, 5.74) is 0. The lowest BCUT2D eigenvalue weighted by Gasteiger charge is -2.32. The normalized spacial score (nSPS) is 27.9. The summed E-state index contributed by atoms with van der Waals surface area (Å²) in [5.74, 6) is -0.604. The maximum absolute atomic E-state index is 12.4. The molecule has 6 nitrogen and oxygen atoms in total. The van der Waals surface area contributed by atoms with Gasteiger partial charge in [-0.25, -0.2) is 0 Å². The zero-order valence-corrected chi connectivity index (χ0v) is 12.7. The monoisotopic (exact) mass is 294 g/mol. The zero-order valence-electron chi connectivity index (χ0n) is 12.7. The molecule has 21 heavy (non-hydrogen) atoms. The van der Waals surface area contributed by atoms with Crippen LogP contribution in [0.2, 0.25) is 0 Å². The first-order valence-electron chi connectivity index (χ1n) is 8.28. The number of likely N-dealkylation sites (tertiary alicyclic amines) is 2. The molecular formula is C15H26N4O2. The van der Waals surface area contributed by atoms with Crippen LogP contribution in [-0.2, 0) is 9.59 Å². The number of amides is 2. The first kappa shape index (κ1) is 14.8. The van der Waals surface area contributed by atoms with E-state index in [1.54, 1.807) is 9.80 Å². The Bertz CT molecular complexity index is 389. The molecule has 1 N–H and O–H groups in total. The second-order valence-corrected chi connectivity index (χ2v) is 6.33. The molecule has 0 spiro atoms. The molecule has 3 aliphatic heterocycles. The van der Waals surface area contributed by atoms with Gasteiger partial charge >= 0.3 is 11.8 Å². The van der Waals surface area contributed by atoms with Gasteiger partial charge in [-0.2, -0.15) is 0 Å². The molecule has 3 aliphatic rings. The minimum Gasteiger partial charge on any atom is -0.333 e. The van der Waals surface area contributed by atoms with E-state index in [4.69, 9.17) is 0 Å². The zero-order chi connectivity index (χ0) is 14.7. The second kappa shape index (κ2) is 6.75. The number of carbonyl (C=O) groups is 2. The van der Waals surface area contributed by atoms with Crippen LogP contribution in [0, 0.1) is 0 Å². The average molecular weight is 294 g/mol. The van der Waals surface area contributed by atoms with E-state index >= 15 is 0 Å². The average Bonchev–Trinajstić information content (AvgIpc) is 3.05. The van der Waals surface area contributed by atoms with Crippen molar-refractivity contribution in [2.75, 3.05) is 52.4 Å². The molecule has 0 radical (unpaired) electrons. The van der Waals surface area contributed by atoms with Crippen LogP contribution in [0.15, 0.2) is 0 Å². The lowest BCUT2D eigenvalue weighted by atomic mass is 10.1. The highest BCUT2D eigenvalue weighted by molar-refractivity contribution is 6.35. The standard InChI is InChI=1S/C15H26N4O2/c20-14(18-10-5-16-6-11-18)15(21)19-9-4-13(12-19)17-7-2-1-3-8-17/h13,16H,1-12H2. The molecule has 0 saturated carbocycles. The van der Waals surface area contributed by atoms with Gasteiger partial charge in [0.25, 0.3) is 0 Å². The van der Waals surface area contributed by atoms with Crippen LogP contribution < -0.4 is 5.32 Å². The number of carbonyl (C=O) groups excluding carboxylic acids is 2. The predicted molar refractivity (Wildman–Crippen MR) is 79.9 cm³/mol. The van der Waals surface area contributed by atoms with Gasteiger partial charge in [0, 0.05) is 45.3 Å². The van der Waals surface area contributed by atoms with Gasteiger partial charge in [0.05, 0.1) is 0 Å². The third-order valence-corrected chi connectivity index (χ3v) is 4.94. The fourth-order valence-corrected chi connectivity index (χ4v) is 3.65. The Morgan fingerprint density at radius 3 is 2.19 bits per heavy atom. The van der Waals surface area contributed by atoms with Crippen molar-refractivity contribution in [1.29, 1.82) is 0 Å². The second-order valence-electron chi connectivity index (χ2n) is 6.33. The van der Waals surface area contributed by atoms with Crippen LogP contribution in [0.25, 0.3) is 0 Å². The maximum Gasteiger partial charge on any atom is 0.312 e. The number of piperidine rings is 1. The third kappa shape index (κ3) is 3.37. The van der Waals surface area contributed by atoms with Crippen molar-refractivity contribution in [2.45, 2.75) is 31.7 Å². The fraction of sp³-hybridized carbons (Fsp3) is 0.867. The molecule has 3 heterocycles. The van der Waals surface area contributed by atoms with Crippen molar-refractivity contribution >= 4 is 11.8 Å². The summed E-state index contributed by atoms with van der Waals surface area (Å²) < 4.78 is 0. The molecule has 2 amide bonds. The van der Waals surface area contributed by atoms with Crippen molar-refractivity contribution in [3.05, 3.63) is 0 Å². The maximum atomic E-state index is 12.4. The Morgan fingerprint density at radius 1 is 0.810 bits per heavy atom. The Kier molecular flexibility index (Phi) is 4.75. The van der Waals surface area contributed by atoms with E-state index in [0.29, 0.717) is 19.1 Å². The van der Waals surface area contributed by atoms with Crippen molar-refractivity contribution < 1.29 is 9.59 Å². The van der Waals surface area contributed by atoms with E-state index in [1.165, 1.54) is 19.3 Å². The van der Waals surface area contributed by atoms with Crippen molar-refractivity contribution in [3.63, 3.8) is 0 Å². The van der Waals surface area contributed by atoms with E-state index in [0.717, 1.165) is 45.7 Å². The molecular weight excluding hydrogens is 268 g/mol. The lowest BCUT2D eigenvalue weighted by molar-refractivity contribution is -0.151. The molecule has 1 atom stereocenters.